The van der Waals surface area contributed by atoms with Gasteiger partial charge < -0.3 is 9.80 Å². The maximum absolute atomic E-state index is 13.7. The normalized spacial score (nSPS) is 13.9. The van der Waals surface area contributed by atoms with Gasteiger partial charge in [-0.05, 0) is 62.2 Å². The molecule has 0 N–H and O–H groups in total. The number of aryl methyl sites for hydroxylation is 2. The first-order valence-corrected chi connectivity index (χ1v) is 15.2. The maximum atomic E-state index is 13.7. The van der Waals surface area contributed by atoms with E-state index in [0.717, 1.165) is 46.0 Å². The number of thioether (sulfide) groups is 1. The van der Waals surface area contributed by atoms with Crippen LogP contribution in [-0.2, 0) is 11.2 Å². The van der Waals surface area contributed by atoms with E-state index >= 15 is 0 Å². The van der Waals surface area contributed by atoms with Gasteiger partial charge in [0, 0.05) is 37.5 Å². The minimum atomic E-state index is -0.298. The molecule has 0 radical (unpaired) electrons. The number of carbonyl (C=O) groups excluding carboxylic acids is 1. The van der Waals surface area contributed by atoms with E-state index in [1.807, 2.05) is 42.2 Å². The summed E-state index contributed by atoms with van der Waals surface area (Å²) in [6.45, 7) is 6.80. The highest BCUT2D eigenvalue weighted by atomic mass is 32.2. The van der Waals surface area contributed by atoms with Crippen molar-refractivity contribution in [2.45, 2.75) is 31.6 Å². The van der Waals surface area contributed by atoms with Crippen molar-refractivity contribution in [1.29, 1.82) is 0 Å². The zero-order valence-electron chi connectivity index (χ0n) is 23.8. The Balaban J connectivity index is 1.31. The second-order valence-corrected chi connectivity index (χ2v) is 11.7. The number of fused-ring (bicyclic) bond motifs is 1. The minimum Gasteiger partial charge on any atom is -0.354 e. The number of amides is 1. The van der Waals surface area contributed by atoms with E-state index < -0.39 is 0 Å². The van der Waals surface area contributed by atoms with Crippen molar-refractivity contribution in [3.8, 4) is 5.69 Å². The first kappa shape index (κ1) is 27.9. The summed E-state index contributed by atoms with van der Waals surface area (Å²) in [5.74, 6) is 1.81. The maximum Gasteiger partial charge on any atom is 0.232 e. The van der Waals surface area contributed by atoms with Gasteiger partial charge in [-0.1, -0.05) is 48.0 Å². The summed E-state index contributed by atoms with van der Waals surface area (Å²) in [5, 5.41) is 5.70. The molecule has 1 amide bonds. The second-order valence-electron chi connectivity index (χ2n) is 10.6. The average molecular weight is 581 g/mol. The Morgan fingerprint density at radius 3 is 2.40 bits per heavy atom. The molecule has 0 spiro atoms. The molecule has 9 heteroatoms. The van der Waals surface area contributed by atoms with Crippen molar-refractivity contribution in [2.75, 3.05) is 36.8 Å². The largest absolute Gasteiger partial charge is 0.354 e. The molecule has 3 heterocycles. The third kappa shape index (κ3) is 6.16. The van der Waals surface area contributed by atoms with E-state index in [1.54, 1.807) is 28.6 Å². The fourth-order valence-corrected chi connectivity index (χ4v) is 6.12. The Bertz CT molecular complexity index is 1690. The zero-order valence-corrected chi connectivity index (χ0v) is 24.6. The summed E-state index contributed by atoms with van der Waals surface area (Å²) in [5.41, 5.74) is 4.57. The summed E-state index contributed by atoms with van der Waals surface area (Å²) in [6.07, 6.45) is 1.41. The number of rotatable bonds is 7. The van der Waals surface area contributed by atoms with Crippen LogP contribution in [0.25, 0.3) is 16.7 Å². The highest BCUT2D eigenvalue weighted by Crippen LogP contribution is 2.30. The van der Waals surface area contributed by atoms with E-state index in [-0.39, 0.29) is 11.7 Å². The standard InChI is InChI=1S/C33H33FN6OS/c1-23-9-11-25(12-10-23)21-29-35-32(31-24(2)37-40(33(31)36-29)27-15-13-26(34)14-16-27)39-18-6-17-38(19-20-39)30(41)22-42-28-7-4-3-5-8-28/h3-5,7-16H,6,17-22H2,1-2H3. The summed E-state index contributed by atoms with van der Waals surface area (Å²) in [4.78, 5) is 28.5. The number of benzene rings is 3. The molecule has 0 unspecified atom stereocenters. The Labute approximate surface area is 249 Å². The molecule has 1 saturated heterocycles. The van der Waals surface area contributed by atoms with Gasteiger partial charge in [-0.3, -0.25) is 4.79 Å². The lowest BCUT2D eigenvalue weighted by atomic mass is 10.1. The van der Waals surface area contributed by atoms with Crippen LogP contribution >= 0.6 is 11.8 Å². The lowest BCUT2D eigenvalue weighted by Gasteiger charge is -2.24. The summed E-state index contributed by atoms with van der Waals surface area (Å²) >= 11 is 1.58. The van der Waals surface area contributed by atoms with E-state index in [4.69, 9.17) is 15.1 Å². The molecule has 0 atom stereocenters. The average Bonchev–Trinajstić information content (AvgIpc) is 3.16. The lowest BCUT2D eigenvalue weighted by Crippen LogP contribution is -2.36. The lowest BCUT2D eigenvalue weighted by molar-refractivity contribution is -0.128. The van der Waals surface area contributed by atoms with Gasteiger partial charge in [0.25, 0.3) is 0 Å². The van der Waals surface area contributed by atoms with E-state index in [2.05, 4.69) is 36.1 Å². The zero-order chi connectivity index (χ0) is 29.1. The molecular formula is C33H33FN6OS. The first-order valence-electron chi connectivity index (χ1n) is 14.2. The van der Waals surface area contributed by atoms with Crippen LogP contribution < -0.4 is 4.90 Å². The van der Waals surface area contributed by atoms with Crippen LogP contribution in [0.4, 0.5) is 10.2 Å². The fourth-order valence-electron chi connectivity index (χ4n) is 5.30. The predicted molar refractivity (Wildman–Crippen MR) is 166 cm³/mol. The van der Waals surface area contributed by atoms with Crippen LogP contribution in [-0.4, -0.2) is 62.5 Å². The quantitative estimate of drug-likeness (QED) is 0.220. The van der Waals surface area contributed by atoms with Crippen LogP contribution in [0.3, 0.4) is 0 Å². The van der Waals surface area contributed by atoms with Crippen molar-refractivity contribution in [3.63, 3.8) is 0 Å². The van der Waals surface area contributed by atoms with Gasteiger partial charge in [-0.15, -0.1) is 11.8 Å². The van der Waals surface area contributed by atoms with Crippen LogP contribution in [0.2, 0.25) is 0 Å². The van der Waals surface area contributed by atoms with Gasteiger partial charge in [0.05, 0.1) is 22.5 Å². The minimum absolute atomic E-state index is 0.152. The fraction of sp³-hybridized carbons (Fsp3) is 0.273. The third-order valence-electron chi connectivity index (χ3n) is 7.54. The van der Waals surface area contributed by atoms with Crippen LogP contribution in [0.1, 0.15) is 29.1 Å². The van der Waals surface area contributed by atoms with Crippen LogP contribution in [0, 0.1) is 19.7 Å². The molecule has 6 rings (SSSR count). The topological polar surface area (TPSA) is 67.2 Å². The van der Waals surface area contributed by atoms with Crippen molar-refractivity contribution in [3.05, 3.63) is 107 Å². The molecule has 1 fully saturated rings. The Morgan fingerprint density at radius 2 is 1.64 bits per heavy atom. The molecule has 5 aromatic rings. The van der Waals surface area contributed by atoms with Gasteiger partial charge >= 0.3 is 0 Å². The Kier molecular flexibility index (Phi) is 8.19. The smallest absolute Gasteiger partial charge is 0.232 e. The van der Waals surface area contributed by atoms with Gasteiger partial charge in [0.1, 0.15) is 17.5 Å². The molecule has 0 bridgehead atoms. The molecule has 3 aromatic carbocycles. The number of anilines is 1. The van der Waals surface area contributed by atoms with Crippen LogP contribution in [0.5, 0.6) is 0 Å². The predicted octanol–water partition coefficient (Wildman–Crippen LogP) is 5.99. The molecule has 7 nitrogen and oxygen atoms in total. The molecule has 0 aliphatic carbocycles. The molecular weight excluding hydrogens is 547 g/mol. The molecule has 214 valence electrons. The number of aromatic nitrogens is 4. The van der Waals surface area contributed by atoms with Crippen molar-refractivity contribution >= 4 is 34.5 Å². The highest BCUT2D eigenvalue weighted by molar-refractivity contribution is 8.00. The Morgan fingerprint density at radius 1 is 0.881 bits per heavy atom. The number of hydrogen-bond donors (Lipinski definition) is 0. The first-order chi connectivity index (χ1) is 20.4. The number of nitrogens with zero attached hydrogens (tertiary/aromatic N) is 6. The summed E-state index contributed by atoms with van der Waals surface area (Å²) < 4.78 is 15.5. The molecule has 0 saturated carbocycles. The van der Waals surface area contributed by atoms with Crippen molar-refractivity contribution in [2.24, 2.45) is 0 Å². The van der Waals surface area contributed by atoms with Crippen LogP contribution in [0.15, 0.2) is 83.8 Å². The van der Waals surface area contributed by atoms with Gasteiger partial charge in [0.15, 0.2) is 5.65 Å². The monoisotopic (exact) mass is 580 g/mol. The third-order valence-corrected chi connectivity index (χ3v) is 8.53. The number of hydrogen-bond acceptors (Lipinski definition) is 6. The van der Waals surface area contributed by atoms with E-state index in [0.29, 0.717) is 43.3 Å². The van der Waals surface area contributed by atoms with Gasteiger partial charge in [-0.25, -0.2) is 19.0 Å². The van der Waals surface area contributed by atoms with Crippen molar-refractivity contribution in [1.82, 2.24) is 24.6 Å². The molecule has 1 aliphatic heterocycles. The van der Waals surface area contributed by atoms with E-state index in [1.165, 1.54) is 17.7 Å². The summed E-state index contributed by atoms with van der Waals surface area (Å²) in [7, 11) is 0. The SMILES string of the molecule is Cc1ccc(Cc2nc(N3CCCN(C(=O)CSc4ccccc4)CC3)c3c(C)nn(-c4ccc(F)cc4)c3n2)cc1. The molecule has 2 aromatic heterocycles. The van der Waals surface area contributed by atoms with Gasteiger partial charge in [0.2, 0.25) is 5.91 Å². The highest BCUT2D eigenvalue weighted by Gasteiger charge is 2.25. The Hall–Kier alpha value is -4.24. The van der Waals surface area contributed by atoms with E-state index in [9.17, 15) is 9.18 Å². The van der Waals surface area contributed by atoms with Crippen molar-refractivity contribution < 1.29 is 9.18 Å². The second kappa shape index (κ2) is 12.3. The number of carbonyl (C=O) groups is 1. The number of halogens is 1. The molecule has 42 heavy (non-hydrogen) atoms. The molecule has 1 aliphatic rings. The summed E-state index contributed by atoms with van der Waals surface area (Å²) in [6, 6.07) is 24.7. The van der Waals surface area contributed by atoms with Gasteiger partial charge in [-0.2, -0.15) is 5.10 Å².